The molecule has 0 fully saturated rings. The zero-order valence-electron chi connectivity index (χ0n) is 12.4. The number of nitrogens with one attached hydrogen (secondary N) is 2. The molecular formula is C15H16N2O4S. The molecule has 2 aromatic rings. The lowest BCUT2D eigenvalue weighted by Gasteiger charge is -2.07. The summed E-state index contributed by atoms with van der Waals surface area (Å²) in [6.45, 7) is 3.41. The standard InChI is InChI=1S/C15H16N2O4S/c1-9-8-13(10(2)21-9)15(19)17-16-14(18)11-4-6-12(7-5-11)22(3)20/h4-8H,1-3H3,(H,16,18)(H,17,19)/t22-/m0/s1. The van der Waals surface area contributed by atoms with E-state index in [-0.39, 0.29) is 0 Å². The van der Waals surface area contributed by atoms with E-state index in [9.17, 15) is 13.8 Å². The molecule has 2 rings (SSSR count). The van der Waals surface area contributed by atoms with Crippen molar-refractivity contribution in [3.05, 3.63) is 53.0 Å². The SMILES string of the molecule is Cc1cc(C(=O)NNC(=O)c2ccc([S@](C)=O)cc2)c(C)o1. The minimum absolute atomic E-state index is 0.356. The molecule has 1 heterocycles. The fraction of sp³-hybridized carbons (Fsp3) is 0.200. The van der Waals surface area contributed by atoms with Crippen LogP contribution in [0.1, 0.15) is 32.2 Å². The second-order valence-corrected chi connectivity index (χ2v) is 6.09. The molecule has 116 valence electrons. The smallest absolute Gasteiger partial charge is 0.273 e. The minimum Gasteiger partial charge on any atom is -0.466 e. The van der Waals surface area contributed by atoms with E-state index in [1.165, 1.54) is 0 Å². The normalized spacial score (nSPS) is 11.8. The van der Waals surface area contributed by atoms with Gasteiger partial charge in [0, 0.05) is 27.5 Å². The Morgan fingerprint density at radius 2 is 1.64 bits per heavy atom. The van der Waals surface area contributed by atoms with Gasteiger partial charge >= 0.3 is 0 Å². The first-order valence-corrected chi connectivity index (χ1v) is 8.05. The predicted octanol–water partition coefficient (Wildman–Crippen LogP) is 1.71. The molecule has 6 nitrogen and oxygen atoms in total. The summed E-state index contributed by atoms with van der Waals surface area (Å²) in [5.74, 6) is 0.199. The third-order valence-corrected chi connectivity index (χ3v) is 3.96. The quantitative estimate of drug-likeness (QED) is 0.843. The Morgan fingerprint density at radius 3 is 2.14 bits per heavy atom. The van der Waals surface area contributed by atoms with Crippen LogP contribution in [0.4, 0.5) is 0 Å². The number of hydrogen-bond donors (Lipinski definition) is 2. The molecule has 0 aliphatic rings. The molecule has 0 saturated heterocycles. The summed E-state index contributed by atoms with van der Waals surface area (Å²) in [6, 6.07) is 7.91. The zero-order valence-corrected chi connectivity index (χ0v) is 13.2. The van der Waals surface area contributed by atoms with Crippen molar-refractivity contribution < 1.29 is 18.2 Å². The molecule has 1 atom stereocenters. The average molecular weight is 320 g/mol. The van der Waals surface area contributed by atoms with Gasteiger partial charge in [-0.05, 0) is 44.2 Å². The molecule has 0 bridgehead atoms. The molecule has 0 aliphatic heterocycles. The molecular weight excluding hydrogens is 304 g/mol. The first kappa shape index (κ1) is 16.0. The number of hydrogen-bond acceptors (Lipinski definition) is 4. The number of amides is 2. The van der Waals surface area contributed by atoms with Gasteiger partial charge in [0.15, 0.2) is 0 Å². The van der Waals surface area contributed by atoms with Gasteiger partial charge in [-0.25, -0.2) is 0 Å². The fourth-order valence-corrected chi connectivity index (χ4v) is 2.43. The Morgan fingerprint density at radius 1 is 1.05 bits per heavy atom. The zero-order chi connectivity index (χ0) is 16.3. The summed E-state index contributed by atoms with van der Waals surface area (Å²) in [6.07, 6.45) is 1.56. The Kier molecular flexibility index (Phi) is 4.77. The van der Waals surface area contributed by atoms with Crippen LogP contribution in [-0.4, -0.2) is 22.3 Å². The van der Waals surface area contributed by atoms with Crippen LogP contribution in [0.15, 0.2) is 39.6 Å². The van der Waals surface area contributed by atoms with E-state index in [0.717, 1.165) is 0 Å². The highest BCUT2D eigenvalue weighted by Gasteiger charge is 2.14. The van der Waals surface area contributed by atoms with Gasteiger partial charge in [-0.3, -0.25) is 24.6 Å². The van der Waals surface area contributed by atoms with E-state index in [2.05, 4.69) is 10.9 Å². The maximum absolute atomic E-state index is 11.9. The second-order valence-electron chi connectivity index (χ2n) is 4.71. The van der Waals surface area contributed by atoms with Crippen LogP contribution in [0, 0.1) is 13.8 Å². The molecule has 22 heavy (non-hydrogen) atoms. The number of hydrazine groups is 1. The lowest BCUT2D eigenvalue weighted by atomic mass is 10.2. The molecule has 2 N–H and O–H groups in total. The van der Waals surface area contributed by atoms with Crippen LogP contribution in [0.2, 0.25) is 0 Å². The van der Waals surface area contributed by atoms with E-state index >= 15 is 0 Å². The molecule has 1 aromatic heterocycles. The predicted molar refractivity (Wildman–Crippen MR) is 81.9 cm³/mol. The maximum Gasteiger partial charge on any atom is 0.273 e. The van der Waals surface area contributed by atoms with Gasteiger partial charge in [0.2, 0.25) is 0 Å². The Balaban J connectivity index is 1.99. The summed E-state index contributed by atoms with van der Waals surface area (Å²) < 4.78 is 16.5. The summed E-state index contributed by atoms with van der Waals surface area (Å²) in [4.78, 5) is 24.5. The van der Waals surface area contributed by atoms with E-state index < -0.39 is 22.6 Å². The van der Waals surface area contributed by atoms with Gasteiger partial charge in [0.1, 0.15) is 11.5 Å². The molecule has 2 amide bonds. The Bertz CT molecular complexity index is 735. The third-order valence-electron chi connectivity index (χ3n) is 3.02. The van der Waals surface area contributed by atoms with Crippen LogP contribution >= 0.6 is 0 Å². The van der Waals surface area contributed by atoms with Crippen molar-refractivity contribution in [2.24, 2.45) is 0 Å². The van der Waals surface area contributed by atoms with Crippen LogP contribution in [0.25, 0.3) is 0 Å². The summed E-state index contributed by atoms with van der Waals surface area (Å²) in [5.41, 5.74) is 5.38. The van der Waals surface area contributed by atoms with Crippen molar-refractivity contribution in [2.75, 3.05) is 6.26 Å². The number of benzene rings is 1. The summed E-state index contributed by atoms with van der Waals surface area (Å²) in [5, 5.41) is 0. The first-order valence-electron chi connectivity index (χ1n) is 6.49. The van der Waals surface area contributed by atoms with Crippen molar-refractivity contribution in [2.45, 2.75) is 18.7 Å². The largest absolute Gasteiger partial charge is 0.466 e. The second kappa shape index (κ2) is 6.57. The third kappa shape index (κ3) is 3.62. The van der Waals surface area contributed by atoms with Crippen molar-refractivity contribution in [1.29, 1.82) is 0 Å². The molecule has 0 radical (unpaired) electrons. The highest BCUT2D eigenvalue weighted by molar-refractivity contribution is 7.84. The molecule has 0 unspecified atom stereocenters. The monoisotopic (exact) mass is 320 g/mol. The van der Waals surface area contributed by atoms with E-state index in [4.69, 9.17) is 4.42 Å². The van der Waals surface area contributed by atoms with E-state index in [1.54, 1.807) is 50.4 Å². The number of carbonyl (C=O) groups is 2. The molecule has 0 saturated carbocycles. The van der Waals surface area contributed by atoms with Gasteiger partial charge in [0.25, 0.3) is 11.8 Å². The number of rotatable bonds is 3. The molecule has 7 heteroatoms. The van der Waals surface area contributed by atoms with Gasteiger partial charge in [-0.1, -0.05) is 0 Å². The van der Waals surface area contributed by atoms with Crippen molar-refractivity contribution >= 4 is 22.6 Å². The summed E-state index contributed by atoms with van der Waals surface area (Å²) >= 11 is 0. The first-order chi connectivity index (χ1) is 10.4. The van der Waals surface area contributed by atoms with Crippen molar-refractivity contribution in [1.82, 2.24) is 10.9 Å². The van der Waals surface area contributed by atoms with Gasteiger partial charge in [0.05, 0.1) is 5.56 Å². The lowest BCUT2D eigenvalue weighted by molar-refractivity contribution is 0.0845. The van der Waals surface area contributed by atoms with E-state index in [1.807, 2.05) is 0 Å². The highest BCUT2D eigenvalue weighted by Crippen LogP contribution is 2.13. The van der Waals surface area contributed by atoms with Crippen LogP contribution in [0.5, 0.6) is 0 Å². The van der Waals surface area contributed by atoms with Gasteiger partial charge in [-0.2, -0.15) is 0 Å². The highest BCUT2D eigenvalue weighted by atomic mass is 32.2. The number of furan rings is 1. The molecule has 0 aliphatic carbocycles. The fourth-order valence-electron chi connectivity index (χ4n) is 1.91. The van der Waals surface area contributed by atoms with Crippen LogP contribution < -0.4 is 10.9 Å². The van der Waals surface area contributed by atoms with Crippen molar-refractivity contribution in [3.8, 4) is 0 Å². The molecule has 0 spiro atoms. The number of carbonyl (C=O) groups excluding carboxylic acids is 2. The van der Waals surface area contributed by atoms with Crippen LogP contribution in [-0.2, 0) is 10.8 Å². The van der Waals surface area contributed by atoms with Gasteiger partial charge in [-0.15, -0.1) is 0 Å². The Hall–Kier alpha value is -2.41. The van der Waals surface area contributed by atoms with Crippen LogP contribution in [0.3, 0.4) is 0 Å². The average Bonchev–Trinajstić information content (AvgIpc) is 2.83. The van der Waals surface area contributed by atoms with Crippen molar-refractivity contribution in [3.63, 3.8) is 0 Å². The number of aryl methyl sites for hydroxylation is 2. The van der Waals surface area contributed by atoms with Gasteiger partial charge < -0.3 is 4.42 Å². The maximum atomic E-state index is 11.9. The molecule has 1 aromatic carbocycles. The summed E-state index contributed by atoms with van der Waals surface area (Å²) in [7, 11) is -1.10. The lowest BCUT2D eigenvalue weighted by Crippen LogP contribution is -2.41. The Labute approximate surface area is 130 Å². The topological polar surface area (TPSA) is 88.4 Å². The minimum atomic E-state index is -1.10. The van der Waals surface area contributed by atoms with E-state index in [0.29, 0.717) is 27.5 Å².